The first-order chi connectivity index (χ1) is 8.86. The maximum absolute atomic E-state index is 12.3. The van der Waals surface area contributed by atoms with Crippen LogP contribution in [0.25, 0.3) is 0 Å². The Hall–Kier alpha value is 0.220. The molecule has 1 saturated carbocycles. The van der Waals surface area contributed by atoms with Crippen molar-refractivity contribution in [2.75, 3.05) is 12.3 Å². The Balaban J connectivity index is 2.53. The molecular weight excluding hydrogens is 280 g/mol. The molecule has 0 bridgehead atoms. The van der Waals surface area contributed by atoms with Crippen molar-refractivity contribution in [2.24, 2.45) is 0 Å². The third-order valence-electron chi connectivity index (χ3n) is 3.49. The Morgan fingerprint density at radius 3 is 2.53 bits per heavy atom. The van der Waals surface area contributed by atoms with Gasteiger partial charge < -0.3 is 5.32 Å². The lowest BCUT2D eigenvalue weighted by Crippen LogP contribution is -2.46. The molecule has 3 unspecified atom stereocenters. The van der Waals surface area contributed by atoms with Crippen molar-refractivity contribution in [1.29, 1.82) is 0 Å². The molecule has 0 aromatic carbocycles. The highest BCUT2D eigenvalue weighted by molar-refractivity contribution is 8.00. The van der Waals surface area contributed by atoms with E-state index in [1.165, 1.54) is 0 Å². The zero-order valence-electron chi connectivity index (χ0n) is 12.5. The summed E-state index contributed by atoms with van der Waals surface area (Å²) in [5.74, 6) is 1.05. The molecule has 0 spiro atoms. The first-order valence-corrected chi connectivity index (χ1v) is 9.82. The number of rotatable bonds is 8. The van der Waals surface area contributed by atoms with Gasteiger partial charge in [-0.15, -0.1) is 0 Å². The number of hydrogen-bond acceptors (Lipinski definition) is 4. The molecule has 1 fully saturated rings. The van der Waals surface area contributed by atoms with Crippen LogP contribution in [0.1, 0.15) is 47.0 Å². The van der Waals surface area contributed by atoms with E-state index in [-0.39, 0.29) is 11.3 Å². The van der Waals surface area contributed by atoms with Crippen LogP contribution in [0.5, 0.6) is 0 Å². The topological polar surface area (TPSA) is 58.2 Å². The van der Waals surface area contributed by atoms with E-state index in [0.717, 1.165) is 25.0 Å². The fourth-order valence-electron chi connectivity index (χ4n) is 2.31. The molecule has 0 radical (unpaired) electrons. The summed E-state index contributed by atoms with van der Waals surface area (Å²) in [6.07, 6.45) is 3.23. The third-order valence-corrected chi connectivity index (χ3v) is 6.68. The predicted molar refractivity (Wildman–Crippen MR) is 84.2 cm³/mol. The van der Waals surface area contributed by atoms with Crippen LogP contribution in [0.3, 0.4) is 0 Å². The van der Waals surface area contributed by atoms with E-state index in [2.05, 4.69) is 17.0 Å². The summed E-state index contributed by atoms with van der Waals surface area (Å²) in [4.78, 5) is 0. The number of nitrogens with one attached hydrogen (secondary N) is 2. The molecule has 0 amide bonds. The third kappa shape index (κ3) is 5.61. The lowest BCUT2D eigenvalue weighted by atomic mass is 10.3. The molecule has 4 nitrogen and oxygen atoms in total. The van der Waals surface area contributed by atoms with E-state index >= 15 is 0 Å². The van der Waals surface area contributed by atoms with Gasteiger partial charge in [-0.1, -0.05) is 27.2 Å². The Morgan fingerprint density at radius 2 is 1.95 bits per heavy atom. The zero-order valence-corrected chi connectivity index (χ0v) is 14.1. The summed E-state index contributed by atoms with van der Waals surface area (Å²) in [5, 5.41) is 3.25. The van der Waals surface area contributed by atoms with Gasteiger partial charge in [0.25, 0.3) is 0 Å². The van der Waals surface area contributed by atoms with Crippen molar-refractivity contribution in [3.05, 3.63) is 0 Å². The number of hydrogen-bond donors (Lipinski definition) is 2. The van der Waals surface area contributed by atoms with Gasteiger partial charge in [0, 0.05) is 23.9 Å². The Kier molecular flexibility index (Phi) is 7.14. The molecule has 0 saturated heterocycles. The van der Waals surface area contributed by atoms with Crippen LogP contribution in [0.15, 0.2) is 0 Å². The van der Waals surface area contributed by atoms with Gasteiger partial charge in [-0.25, -0.2) is 13.1 Å². The molecule has 1 rings (SSSR count). The monoisotopic (exact) mass is 308 g/mol. The van der Waals surface area contributed by atoms with E-state index < -0.39 is 10.0 Å². The van der Waals surface area contributed by atoms with Crippen LogP contribution in [0.4, 0.5) is 0 Å². The standard InChI is InChI=1S/C13H28N2O2S2/c1-5-18-13-8-6-7-12(13)15-19(16,17)11(4)9-14-10(2)3/h10-15H,5-9H2,1-4H3. The molecule has 0 aliphatic heterocycles. The fourth-order valence-corrected chi connectivity index (χ4v) is 4.85. The minimum absolute atomic E-state index is 0.122. The van der Waals surface area contributed by atoms with Crippen LogP contribution >= 0.6 is 11.8 Å². The van der Waals surface area contributed by atoms with Gasteiger partial charge in [-0.05, 0) is 25.5 Å². The van der Waals surface area contributed by atoms with Crippen LogP contribution in [0.2, 0.25) is 0 Å². The van der Waals surface area contributed by atoms with E-state index in [9.17, 15) is 8.42 Å². The molecule has 0 heterocycles. The quantitative estimate of drug-likeness (QED) is 0.720. The second-order valence-corrected chi connectivity index (χ2v) is 9.21. The second-order valence-electron chi connectivity index (χ2n) is 5.57. The Bertz CT molecular complexity index is 358. The SMILES string of the molecule is CCSC1CCCC1NS(=O)(=O)C(C)CNC(C)C. The van der Waals surface area contributed by atoms with Crippen molar-refractivity contribution >= 4 is 21.8 Å². The smallest absolute Gasteiger partial charge is 0.215 e. The van der Waals surface area contributed by atoms with Gasteiger partial charge in [-0.2, -0.15) is 11.8 Å². The largest absolute Gasteiger partial charge is 0.313 e. The van der Waals surface area contributed by atoms with E-state index in [1.807, 2.05) is 25.6 Å². The van der Waals surface area contributed by atoms with Crippen molar-refractivity contribution in [3.8, 4) is 0 Å². The van der Waals surface area contributed by atoms with Crippen molar-refractivity contribution in [3.63, 3.8) is 0 Å². The normalized spacial score (nSPS) is 25.9. The van der Waals surface area contributed by atoms with Gasteiger partial charge in [0.15, 0.2) is 0 Å². The van der Waals surface area contributed by atoms with Gasteiger partial charge in [0.1, 0.15) is 0 Å². The van der Waals surface area contributed by atoms with Crippen molar-refractivity contribution in [2.45, 2.75) is 69.5 Å². The highest BCUT2D eigenvalue weighted by Gasteiger charge is 2.32. The minimum Gasteiger partial charge on any atom is -0.313 e. The van der Waals surface area contributed by atoms with E-state index in [4.69, 9.17) is 0 Å². The molecule has 114 valence electrons. The Labute approximate surface area is 122 Å². The van der Waals surface area contributed by atoms with Crippen molar-refractivity contribution in [1.82, 2.24) is 10.0 Å². The fraction of sp³-hybridized carbons (Fsp3) is 1.00. The summed E-state index contributed by atoms with van der Waals surface area (Å²) in [6, 6.07) is 0.434. The maximum Gasteiger partial charge on any atom is 0.215 e. The summed E-state index contributed by atoms with van der Waals surface area (Å²) >= 11 is 1.88. The van der Waals surface area contributed by atoms with Gasteiger partial charge in [0.2, 0.25) is 10.0 Å². The van der Waals surface area contributed by atoms with E-state index in [1.54, 1.807) is 6.92 Å². The van der Waals surface area contributed by atoms with Crippen LogP contribution in [-0.4, -0.2) is 43.3 Å². The average molecular weight is 309 g/mol. The molecule has 0 aromatic rings. The molecule has 2 N–H and O–H groups in total. The van der Waals surface area contributed by atoms with Crippen LogP contribution in [-0.2, 0) is 10.0 Å². The first-order valence-electron chi connectivity index (χ1n) is 7.23. The van der Waals surface area contributed by atoms with Gasteiger partial charge >= 0.3 is 0 Å². The molecule has 3 atom stereocenters. The molecule has 1 aliphatic carbocycles. The van der Waals surface area contributed by atoms with Gasteiger partial charge in [-0.3, -0.25) is 0 Å². The molecule has 1 aliphatic rings. The number of thioether (sulfide) groups is 1. The summed E-state index contributed by atoms with van der Waals surface area (Å²) < 4.78 is 27.5. The Morgan fingerprint density at radius 1 is 1.26 bits per heavy atom. The molecule has 6 heteroatoms. The average Bonchev–Trinajstić information content (AvgIpc) is 2.73. The second kappa shape index (κ2) is 7.86. The van der Waals surface area contributed by atoms with E-state index in [0.29, 0.717) is 17.8 Å². The molecule has 0 aromatic heterocycles. The summed E-state index contributed by atoms with van der Waals surface area (Å²) in [5.41, 5.74) is 0. The summed E-state index contributed by atoms with van der Waals surface area (Å²) in [6.45, 7) is 8.46. The van der Waals surface area contributed by atoms with Crippen LogP contribution < -0.4 is 10.0 Å². The number of sulfonamides is 1. The summed E-state index contributed by atoms with van der Waals surface area (Å²) in [7, 11) is -3.22. The first kappa shape index (κ1) is 17.3. The van der Waals surface area contributed by atoms with Crippen molar-refractivity contribution < 1.29 is 8.42 Å². The highest BCUT2D eigenvalue weighted by atomic mass is 32.2. The minimum atomic E-state index is -3.22. The molecule has 19 heavy (non-hydrogen) atoms. The lowest BCUT2D eigenvalue weighted by Gasteiger charge is -2.23. The maximum atomic E-state index is 12.3. The van der Waals surface area contributed by atoms with Crippen LogP contribution in [0, 0.1) is 0 Å². The highest BCUT2D eigenvalue weighted by Crippen LogP contribution is 2.30. The van der Waals surface area contributed by atoms with Gasteiger partial charge in [0.05, 0.1) is 5.25 Å². The predicted octanol–water partition coefficient (Wildman–Crippen LogP) is 1.97. The lowest BCUT2D eigenvalue weighted by molar-refractivity contribution is 0.525. The zero-order chi connectivity index (χ0) is 14.5. The molecular formula is C13H28N2O2S2.